The summed E-state index contributed by atoms with van der Waals surface area (Å²) in [7, 11) is 0. The van der Waals surface area contributed by atoms with Gasteiger partial charge >= 0.3 is 0 Å². The summed E-state index contributed by atoms with van der Waals surface area (Å²) in [6.45, 7) is 5.46. The molecule has 2 aromatic rings. The molecule has 0 radical (unpaired) electrons. The van der Waals surface area contributed by atoms with E-state index in [-0.39, 0.29) is 5.91 Å². The smallest absolute Gasteiger partial charge is 0.276 e. The summed E-state index contributed by atoms with van der Waals surface area (Å²) in [5.41, 5.74) is 2.69. The van der Waals surface area contributed by atoms with Crippen LogP contribution in [0.3, 0.4) is 0 Å². The van der Waals surface area contributed by atoms with Crippen LogP contribution in [-0.4, -0.2) is 39.3 Å². The van der Waals surface area contributed by atoms with Gasteiger partial charge in [-0.05, 0) is 18.9 Å². The lowest BCUT2D eigenvalue weighted by Gasteiger charge is -2.14. The number of likely N-dealkylation sites (tertiary alicyclic amines) is 1. The highest BCUT2D eigenvalue weighted by Gasteiger charge is 2.30. The van der Waals surface area contributed by atoms with Crippen LogP contribution in [0.4, 0.5) is 0 Å². The lowest BCUT2D eigenvalue weighted by molar-refractivity contribution is 0.0780. The molecule has 1 aliphatic heterocycles. The molecule has 1 aliphatic rings. The third kappa shape index (κ3) is 2.21. The first-order valence-electron chi connectivity index (χ1n) is 6.93. The van der Waals surface area contributed by atoms with Gasteiger partial charge in [0.1, 0.15) is 5.76 Å². The number of rotatable bonds is 3. The predicted molar refractivity (Wildman–Crippen MR) is 72.5 cm³/mol. The summed E-state index contributed by atoms with van der Waals surface area (Å²) >= 11 is 0. The van der Waals surface area contributed by atoms with Crippen molar-refractivity contribution in [2.45, 2.75) is 32.6 Å². The molecule has 0 bridgehead atoms. The van der Waals surface area contributed by atoms with Gasteiger partial charge in [-0.1, -0.05) is 12.1 Å². The fourth-order valence-corrected chi connectivity index (χ4v) is 2.69. The Bertz CT molecular complexity index is 616. The topological polar surface area (TPSA) is 75.0 Å². The lowest BCUT2D eigenvalue weighted by atomic mass is 10.0. The summed E-state index contributed by atoms with van der Waals surface area (Å²) in [6, 6.07) is 1.73. The molecular weight excluding hydrogens is 256 g/mol. The number of aromatic amines is 1. The van der Waals surface area contributed by atoms with Gasteiger partial charge < -0.3 is 9.42 Å². The van der Waals surface area contributed by atoms with Crippen molar-refractivity contribution in [1.29, 1.82) is 0 Å². The number of nitrogens with one attached hydrogen (secondary N) is 1. The minimum Gasteiger partial charge on any atom is -0.361 e. The predicted octanol–water partition coefficient (Wildman–Crippen LogP) is 1.90. The third-order valence-corrected chi connectivity index (χ3v) is 3.88. The number of hydrogen-bond acceptors (Lipinski definition) is 4. The average molecular weight is 274 g/mol. The maximum Gasteiger partial charge on any atom is 0.276 e. The highest BCUT2D eigenvalue weighted by atomic mass is 16.5. The van der Waals surface area contributed by atoms with Crippen LogP contribution in [0.25, 0.3) is 0 Å². The van der Waals surface area contributed by atoms with E-state index in [1.54, 1.807) is 6.07 Å². The van der Waals surface area contributed by atoms with Crippen LogP contribution in [0.15, 0.2) is 16.8 Å². The van der Waals surface area contributed by atoms with E-state index in [0.717, 1.165) is 36.4 Å². The molecule has 0 aliphatic carbocycles. The number of carbonyl (C=O) groups excluding carboxylic acids is 1. The summed E-state index contributed by atoms with van der Waals surface area (Å²) in [4.78, 5) is 14.2. The number of hydrogen-bond donors (Lipinski definition) is 1. The Hall–Kier alpha value is -2.11. The Morgan fingerprint density at radius 1 is 1.60 bits per heavy atom. The second-order valence-electron chi connectivity index (χ2n) is 5.24. The van der Waals surface area contributed by atoms with Crippen molar-refractivity contribution in [2.75, 3.05) is 13.1 Å². The zero-order valence-electron chi connectivity index (χ0n) is 11.7. The van der Waals surface area contributed by atoms with Crippen molar-refractivity contribution in [3.8, 4) is 0 Å². The molecule has 2 aromatic heterocycles. The van der Waals surface area contributed by atoms with E-state index >= 15 is 0 Å². The lowest BCUT2D eigenvalue weighted by Crippen LogP contribution is -2.28. The van der Waals surface area contributed by atoms with E-state index in [2.05, 4.69) is 15.4 Å². The Kier molecular flexibility index (Phi) is 3.30. The van der Waals surface area contributed by atoms with Crippen LogP contribution in [-0.2, 0) is 6.42 Å². The first-order chi connectivity index (χ1) is 9.69. The quantitative estimate of drug-likeness (QED) is 0.927. The van der Waals surface area contributed by atoms with Gasteiger partial charge in [0.15, 0.2) is 5.69 Å². The number of aryl methyl sites for hydroxylation is 2. The molecule has 3 heterocycles. The third-order valence-electron chi connectivity index (χ3n) is 3.88. The largest absolute Gasteiger partial charge is 0.361 e. The molecule has 1 fully saturated rings. The fraction of sp³-hybridized carbons (Fsp3) is 0.500. The number of amides is 1. The van der Waals surface area contributed by atoms with Gasteiger partial charge in [-0.2, -0.15) is 5.10 Å². The molecule has 106 valence electrons. The van der Waals surface area contributed by atoms with Crippen molar-refractivity contribution in [1.82, 2.24) is 20.3 Å². The van der Waals surface area contributed by atoms with E-state index in [1.165, 1.54) is 0 Å². The summed E-state index contributed by atoms with van der Waals surface area (Å²) < 4.78 is 5.10. The number of aromatic nitrogens is 3. The molecule has 0 saturated carbocycles. The van der Waals surface area contributed by atoms with Crippen LogP contribution < -0.4 is 0 Å². The molecule has 1 N–H and O–H groups in total. The van der Waals surface area contributed by atoms with Gasteiger partial charge in [0.05, 0.1) is 6.20 Å². The zero-order valence-corrected chi connectivity index (χ0v) is 11.7. The van der Waals surface area contributed by atoms with E-state index in [1.807, 2.05) is 24.9 Å². The minimum absolute atomic E-state index is 0.0480. The molecule has 1 atom stereocenters. The van der Waals surface area contributed by atoms with Crippen molar-refractivity contribution >= 4 is 5.91 Å². The summed E-state index contributed by atoms with van der Waals surface area (Å²) in [5, 5.41) is 10.9. The molecule has 3 rings (SSSR count). The standard InChI is InChI=1S/C14H18N4O2/c1-3-11-6-12(17-20-11)14(19)18-5-4-10(8-18)13-9(2)7-15-16-13/h6-7,10H,3-5,8H2,1-2H3,(H,15,16). The van der Waals surface area contributed by atoms with Crippen LogP contribution in [0.5, 0.6) is 0 Å². The monoisotopic (exact) mass is 274 g/mol. The SMILES string of the molecule is CCc1cc(C(=O)N2CCC(c3[nH]ncc3C)C2)no1. The molecule has 1 amide bonds. The van der Waals surface area contributed by atoms with E-state index in [4.69, 9.17) is 4.52 Å². The molecule has 20 heavy (non-hydrogen) atoms. The maximum absolute atomic E-state index is 12.4. The summed E-state index contributed by atoms with van der Waals surface area (Å²) in [6.07, 6.45) is 3.52. The van der Waals surface area contributed by atoms with Crippen LogP contribution in [0.1, 0.15) is 46.8 Å². The van der Waals surface area contributed by atoms with Crippen molar-refractivity contribution in [2.24, 2.45) is 0 Å². The van der Waals surface area contributed by atoms with Crippen LogP contribution >= 0.6 is 0 Å². The maximum atomic E-state index is 12.4. The normalized spacial score (nSPS) is 18.7. The highest BCUT2D eigenvalue weighted by Crippen LogP contribution is 2.28. The highest BCUT2D eigenvalue weighted by molar-refractivity contribution is 5.92. The molecular formula is C14H18N4O2. The second kappa shape index (κ2) is 5.11. The zero-order chi connectivity index (χ0) is 14.1. The Labute approximate surface area is 117 Å². The Balaban J connectivity index is 1.71. The fourth-order valence-electron chi connectivity index (χ4n) is 2.69. The average Bonchev–Trinajstić information content (AvgIpc) is 3.17. The van der Waals surface area contributed by atoms with Gasteiger partial charge in [0, 0.05) is 37.2 Å². The first kappa shape index (κ1) is 12.9. The number of H-pyrrole nitrogens is 1. The Morgan fingerprint density at radius 3 is 3.10 bits per heavy atom. The molecule has 0 aromatic carbocycles. The van der Waals surface area contributed by atoms with Crippen molar-refractivity contribution < 1.29 is 9.32 Å². The summed E-state index contributed by atoms with van der Waals surface area (Å²) in [5.74, 6) is 1.03. The van der Waals surface area contributed by atoms with Gasteiger partial charge in [-0.15, -0.1) is 0 Å². The van der Waals surface area contributed by atoms with Gasteiger partial charge in [0.25, 0.3) is 5.91 Å². The molecule has 0 spiro atoms. The van der Waals surface area contributed by atoms with E-state index in [9.17, 15) is 4.79 Å². The van der Waals surface area contributed by atoms with E-state index < -0.39 is 0 Å². The molecule has 1 saturated heterocycles. The Morgan fingerprint density at radius 2 is 2.45 bits per heavy atom. The van der Waals surface area contributed by atoms with Crippen LogP contribution in [0.2, 0.25) is 0 Å². The van der Waals surface area contributed by atoms with Crippen LogP contribution in [0, 0.1) is 6.92 Å². The molecule has 1 unspecified atom stereocenters. The van der Waals surface area contributed by atoms with Crippen molar-refractivity contribution in [3.05, 3.63) is 35.0 Å². The number of nitrogens with zero attached hydrogens (tertiary/aromatic N) is 3. The van der Waals surface area contributed by atoms with Gasteiger partial charge in [-0.3, -0.25) is 9.89 Å². The van der Waals surface area contributed by atoms with Crippen molar-refractivity contribution in [3.63, 3.8) is 0 Å². The molecule has 6 nitrogen and oxygen atoms in total. The van der Waals surface area contributed by atoms with E-state index in [0.29, 0.717) is 18.2 Å². The molecule has 6 heteroatoms. The second-order valence-corrected chi connectivity index (χ2v) is 5.24. The van der Waals surface area contributed by atoms with Gasteiger partial charge in [0.2, 0.25) is 0 Å². The number of carbonyl (C=O) groups is 1. The first-order valence-corrected chi connectivity index (χ1v) is 6.93. The minimum atomic E-state index is -0.0480. The van der Waals surface area contributed by atoms with Gasteiger partial charge in [-0.25, -0.2) is 0 Å².